The first-order valence-corrected chi connectivity index (χ1v) is 7.65. The summed E-state index contributed by atoms with van der Waals surface area (Å²) >= 11 is 0. The minimum absolute atomic E-state index is 0.157. The Hall–Kier alpha value is -2.16. The van der Waals surface area contributed by atoms with E-state index in [1.54, 1.807) is 4.72 Å². The van der Waals surface area contributed by atoms with E-state index in [1.807, 2.05) is 0 Å². The normalized spacial score (nSPS) is 12.3. The van der Waals surface area contributed by atoms with Gasteiger partial charge in [-0.25, -0.2) is 17.2 Å². The third-order valence-corrected chi connectivity index (χ3v) is 4.29. The highest BCUT2D eigenvalue weighted by Gasteiger charge is 2.35. The van der Waals surface area contributed by atoms with Gasteiger partial charge in [0.2, 0.25) is 0 Å². The van der Waals surface area contributed by atoms with Crippen molar-refractivity contribution in [1.29, 1.82) is 0 Å². The summed E-state index contributed by atoms with van der Waals surface area (Å²) in [5, 5.41) is 0. The zero-order valence-electron chi connectivity index (χ0n) is 11.6. The molecule has 0 saturated carbocycles. The second kappa shape index (κ2) is 5.80. The van der Waals surface area contributed by atoms with Crippen LogP contribution >= 0.6 is 0 Å². The minimum Gasteiger partial charge on any atom is -0.279 e. The Balaban J connectivity index is 2.52. The van der Waals surface area contributed by atoms with Crippen LogP contribution in [0.5, 0.6) is 0 Å². The quantitative estimate of drug-likeness (QED) is 0.847. The van der Waals surface area contributed by atoms with Crippen molar-refractivity contribution in [1.82, 2.24) is 0 Å². The predicted octanol–water partition coefficient (Wildman–Crippen LogP) is 4.09. The van der Waals surface area contributed by atoms with Crippen molar-refractivity contribution in [2.45, 2.75) is 18.0 Å². The molecule has 0 aliphatic rings. The first kappa shape index (κ1) is 17.2. The van der Waals surface area contributed by atoms with Crippen LogP contribution in [0.2, 0.25) is 0 Å². The summed E-state index contributed by atoms with van der Waals surface area (Å²) < 4.78 is 91.2. The molecule has 2 aromatic carbocycles. The molecule has 0 spiro atoms. The van der Waals surface area contributed by atoms with E-state index in [4.69, 9.17) is 0 Å². The van der Waals surface area contributed by atoms with Crippen molar-refractivity contribution in [3.63, 3.8) is 0 Å². The molecular weight excluding hydrogens is 341 g/mol. The van der Waals surface area contributed by atoms with E-state index < -0.39 is 44.0 Å². The largest absolute Gasteiger partial charge is 0.418 e. The van der Waals surface area contributed by atoms with Gasteiger partial charge in [-0.1, -0.05) is 6.07 Å². The van der Waals surface area contributed by atoms with E-state index in [0.717, 1.165) is 12.1 Å². The fourth-order valence-electron chi connectivity index (χ4n) is 1.86. The van der Waals surface area contributed by atoms with Gasteiger partial charge in [-0.15, -0.1) is 0 Å². The first-order chi connectivity index (χ1) is 10.5. The third kappa shape index (κ3) is 3.79. The van der Waals surface area contributed by atoms with Crippen LogP contribution in [0, 0.1) is 18.6 Å². The Morgan fingerprint density at radius 1 is 1.00 bits per heavy atom. The zero-order chi connectivity index (χ0) is 17.4. The fourth-order valence-corrected chi connectivity index (χ4v) is 3.10. The average molecular weight is 351 g/mol. The van der Waals surface area contributed by atoms with E-state index in [-0.39, 0.29) is 6.07 Å². The number of halogens is 5. The number of aryl methyl sites for hydroxylation is 1. The second-order valence-corrected chi connectivity index (χ2v) is 6.38. The van der Waals surface area contributed by atoms with Crippen LogP contribution in [-0.4, -0.2) is 8.42 Å². The highest BCUT2D eigenvalue weighted by atomic mass is 32.2. The molecule has 23 heavy (non-hydrogen) atoms. The number of hydrogen-bond donors (Lipinski definition) is 1. The number of hydrogen-bond acceptors (Lipinski definition) is 2. The molecule has 0 fully saturated rings. The molecule has 0 aliphatic carbocycles. The van der Waals surface area contributed by atoms with Gasteiger partial charge in [0.1, 0.15) is 16.5 Å². The SMILES string of the molecule is Cc1ccc(F)c(S(=O)(=O)Nc2ccc(F)cc2C(F)(F)F)c1. The van der Waals surface area contributed by atoms with Crippen molar-refractivity contribution in [3.05, 3.63) is 59.2 Å². The van der Waals surface area contributed by atoms with Gasteiger partial charge in [0.15, 0.2) is 0 Å². The van der Waals surface area contributed by atoms with E-state index >= 15 is 0 Å². The van der Waals surface area contributed by atoms with Crippen LogP contribution in [0.3, 0.4) is 0 Å². The summed E-state index contributed by atoms with van der Waals surface area (Å²) in [6.07, 6.45) is -4.98. The smallest absolute Gasteiger partial charge is 0.279 e. The highest BCUT2D eigenvalue weighted by molar-refractivity contribution is 7.92. The fraction of sp³-hybridized carbons (Fsp3) is 0.143. The van der Waals surface area contributed by atoms with Gasteiger partial charge < -0.3 is 0 Å². The average Bonchev–Trinajstić information content (AvgIpc) is 2.42. The van der Waals surface area contributed by atoms with E-state index in [1.165, 1.54) is 13.0 Å². The van der Waals surface area contributed by atoms with Gasteiger partial charge in [0.05, 0.1) is 11.3 Å². The van der Waals surface area contributed by atoms with Crippen molar-refractivity contribution in [3.8, 4) is 0 Å². The number of alkyl halides is 3. The second-order valence-electron chi connectivity index (χ2n) is 4.73. The lowest BCUT2D eigenvalue weighted by Crippen LogP contribution is -2.18. The van der Waals surface area contributed by atoms with Crippen LogP contribution in [0.4, 0.5) is 27.6 Å². The molecule has 0 bridgehead atoms. The van der Waals surface area contributed by atoms with Crippen LogP contribution in [0.15, 0.2) is 41.3 Å². The van der Waals surface area contributed by atoms with E-state index in [0.29, 0.717) is 17.7 Å². The lowest BCUT2D eigenvalue weighted by molar-refractivity contribution is -0.137. The Bertz CT molecular complexity index is 847. The molecule has 2 aromatic rings. The summed E-state index contributed by atoms with van der Waals surface area (Å²) in [4.78, 5) is -0.796. The molecule has 2 rings (SSSR count). The number of anilines is 1. The number of rotatable bonds is 3. The molecule has 0 radical (unpaired) electrons. The molecule has 0 saturated heterocycles. The van der Waals surface area contributed by atoms with Gasteiger partial charge in [0, 0.05) is 0 Å². The monoisotopic (exact) mass is 351 g/mol. The van der Waals surface area contributed by atoms with Gasteiger partial charge in [0.25, 0.3) is 10.0 Å². The Morgan fingerprint density at radius 2 is 1.65 bits per heavy atom. The number of nitrogens with one attached hydrogen (secondary N) is 1. The standard InChI is InChI=1S/C14H10F5NO2S/c1-8-2-4-11(16)13(6-8)23(21,22)20-12-5-3-9(15)7-10(12)14(17,18)19/h2-7,20H,1H3. The number of benzene rings is 2. The lowest BCUT2D eigenvalue weighted by atomic mass is 10.2. The van der Waals surface area contributed by atoms with E-state index in [2.05, 4.69) is 0 Å². The van der Waals surface area contributed by atoms with Crippen LogP contribution < -0.4 is 4.72 Å². The molecule has 124 valence electrons. The van der Waals surface area contributed by atoms with Crippen molar-refractivity contribution < 1.29 is 30.4 Å². The molecule has 0 amide bonds. The Labute approximate surface area is 128 Å². The zero-order valence-corrected chi connectivity index (χ0v) is 12.4. The highest BCUT2D eigenvalue weighted by Crippen LogP contribution is 2.36. The van der Waals surface area contributed by atoms with Crippen molar-refractivity contribution in [2.24, 2.45) is 0 Å². The topological polar surface area (TPSA) is 46.2 Å². The van der Waals surface area contributed by atoms with Gasteiger partial charge >= 0.3 is 6.18 Å². The molecule has 0 aliphatic heterocycles. The van der Waals surface area contributed by atoms with Crippen molar-refractivity contribution >= 4 is 15.7 Å². The summed E-state index contributed by atoms with van der Waals surface area (Å²) in [6, 6.07) is 4.63. The van der Waals surface area contributed by atoms with Crippen molar-refractivity contribution in [2.75, 3.05) is 4.72 Å². The molecule has 0 atom stereocenters. The van der Waals surface area contributed by atoms with Crippen LogP contribution in [0.25, 0.3) is 0 Å². The van der Waals surface area contributed by atoms with Gasteiger partial charge in [-0.3, -0.25) is 4.72 Å². The Morgan fingerprint density at radius 3 is 2.26 bits per heavy atom. The molecule has 9 heteroatoms. The first-order valence-electron chi connectivity index (χ1n) is 6.16. The summed E-state index contributed by atoms with van der Waals surface area (Å²) in [5.74, 6) is -2.29. The van der Waals surface area contributed by atoms with Gasteiger partial charge in [-0.05, 0) is 42.8 Å². The molecule has 3 nitrogen and oxygen atoms in total. The molecule has 1 N–H and O–H groups in total. The molecule has 0 unspecified atom stereocenters. The Kier molecular flexibility index (Phi) is 4.34. The minimum atomic E-state index is -4.98. The lowest BCUT2D eigenvalue weighted by Gasteiger charge is -2.15. The molecule has 0 aromatic heterocycles. The predicted molar refractivity (Wildman–Crippen MR) is 73.3 cm³/mol. The maximum atomic E-state index is 13.7. The van der Waals surface area contributed by atoms with E-state index in [9.17, 15) is 30.4 Å². The molecule has 0 heterocycles. The summed E-state index contributed by atoms with van der Waals surface area (Å²) in [7, 11) is -4.61. The maximum Gasteiger partial charge on any atom is 0.418 e. The van der Waals surface area contributed by atoms with Crippen LogP contribution in [-0.2, 0) is 16.2 Å². The van der Waals surface area contributed by atoms with Gasteiger partial charge in [-0.2, -0.15) is 13.2 Å². The third-order valence-electron chi connectivity index (χ3n) is 2.91. The summed E-state index contributed by atoms with van der Waals surface area (Å²) in [5.41, 5.74) is -1.99. The maximum absolute atomic E-state index is 13.7. The van der Waals surface area contributed by atoms with Crippen LogP contribution in [0.1, 0.15) is 11.1 Å². The molecular formula is C14H10F5NO2S. The summed E-state index contributed by atoms with van der Waals surface area (Å²) in [6.45, 7) is 1.50. The number of sulfonamides is 1.